The molecule has 0 heterocycles. The van der Waals surface area contributed by atoms with E-state index >= 15 is 0 Å². The van der Waals surface area contributed by atoms with Crippen molar-refractivity contribution in [2.24, 2.45) is 5.92 Å². The highest BCUT2D eigenvalue weighted by Crippen LogP contribution is 2.25. The summed E-state index contributed by atoms with van der Waals surface area (Å²) in [7, 11) is 0. The van der Waals surface area contributed by atoms with Crippen LogP contribution in [-0.2, 0) is 16.0 Å². The van der Waals surface area contributed by atoms with Gasteiger partial charge in [0, 0.05) is 19.2 Å². The van der Waals surface area contributed by atoms with E-state index < -0.39 is 0 Å². The molecule has 6 heteroatoms. The molecule has 0 radical (unpaired) electrons. The molecule has 2 amide bonds. The molecular weight excluding hydrogens is 428 g/mol. The maximum atomic E-state index is 12.0. The lowest BCUT2D eigenvalue weighted by Crippen LogP contribution is -2.26. The summed E-state index contributed by atoms with van der Waals surface area (Å²) in [5, 5.41) is 5.89. The SMILES string of the molecule is CCCCCNC(=O)CCOc1cc(CCCC(C)C)cc(OCCC(=O)NCCCCC)c1. The topological polar surface area (TPSA) is 76.7 Å². The average molecular weight is 477 g/mol. The number of unbranched alkanes of at least 4 members (excludes halogenated alkanes) is 4. The summed E-state index contributed by atoms with van der Waals surface area (Å²) < 4.78 is 11.8. The zero-order chi connectivity index (χ0) is 25.0. The number of ether oxygens (including phenoxy) is 2. The monoisotopic (exact) mass is 476 g/mol. The zero-order valence-electron chi connectivity index (χ0n) is 22.0. The van der Waals surface area contributed by atoms with Crippen molar-refractivity contribution in [3.63, 3.8) is 0 Å². The van der Waals surface area contributed by atoms with Gasteiger partial charge in [-0.25, -0.2) is 0 Å². The molecule has 34 heavy (non-hydrogen) atoms. The van der Waals surface area contributed by atoms with Gasteiger partial charge in [0.15, 0.2) is 0 Å². The van der Waals surface area contributed by atoms with Crippen LogP contribution in [0.5, 0.6) is 11.5 Å². The van der Waals surface area contributed by atoms with Crippen LogP contribution in [0.3, 0.4) is 0 Å². The van der Waals surface area contributed by atoms with Crippen LogP contribution >= 0.6 is 0 Å². The van der Waals surface area contributed by atoms with Crippen LogP contribution in [0.2, 0.25) is 0 Å². The molecule has 6 nitrogen and oxygen atoms in total. The Morgan fingerprint density at radius 2 is 1.26 bits per heavy atom. The van der Waals surface area contributed by atoms with E-state index in [1.165, 1.54) is 0 Å². The van der Waals surface area contributed by atoms with Gasteiger partial charge in [0.25, 0.3) is 0 Å². The molecule has 0 saturated heterocycles. The first-order valence-corrected chi connectivity index (χ1v) is 13.4. The molecule has 0 aliphatic rings. The second kappa shape index (κ2) is 19.1. The smallest absolute Gasteiger partial charge is 0.223 e. The van der Waals surface area contributed by atoms with Crippen molar-refractivity contribution in [3.8, 4) is 11.5 Å². The molecule has 0 aliphatic heterocycles. The second-order valence-electron chi connectivity index (χ2n) is 9.41. The lowest BCUT2D eigenvalue weighted by Gasteiger charge is -2.13. The van der Waals surface area contributed by atoms with Gasteiger partial charge in [-0.05, 0) is 49.3 Å². The molecule has 0 saturated carbocycles. The lowest BCUT2D eigenvalue weighted by atomic mass is 10.0. The number of carbonyl (C=O) groups is 2. The molecule has 0 aromatic heterocycles. The first-order chi connectivity index (χ1) is 16.4. The summed E-state index contributed by atoms with van der Waals surface area (Å²) in [6, 6.07) is 5.92. The van der Waals surface area contributed by atoms with Gasteiger partial charge < -0.3 is 20.1 Å². The van der Waals surface area contributed by atoms with Crippen LogP contribution in [0, 0.1) is 5.92 Å². The Bertz CT molecular complexity index is 643. The molecule has 0 bridgehead atoms. The lowest BCUT2D eigenvalue weighted by molar-refractivity contribution is -0.122. The minimum absolute atomic E-state index is 0.0191. The number of nitrogens with one attached hydrogen (secondary N) is 2. The quantitative estimate of drug-likeness (QED) is 0.233. The highest BCUT2D eigenvalue weighted by Gasteiger charge is 2.08. The number of carbonyl (C=O) groups excluding carboxylic acids is 2. The summed E-state index contributed by atoms with van der Waals surface area (Å²) in [5.41, 5.74) is 1.15. The molecule has 0 fully saturated rings. The van der Waals surface area contributed by atoms with Crippen molar-refractivity contribution in [2.45, 2.75) is 98.3 Å². The molecule has 2 N–H and O–H groups in total. The van der Waals surface area contributed by atoms with Crippen molar-refractivity contribution in [1.82, 2.24) is 10.6 Å². The van der Waals surface area contributed by atoms with Crippen LogP contribution in [0.4, 0.5) is 0 Å². The number of hydrogen-bond acceptors (Lipinski definition) is 4. The summed E-state index contributed by atoms with van der Waals surface area (Å²) in [5.74, 6) is 2.12. The first-order valence-electron chi connectivity index (χ1n) is 13.4. The maximum absolute atomic E-state index is 12.0. The Kier molecular flexibility index (Phi) is 16.7. The molecular formula is C28H48N2O4. The Hall–Kier alpha value is -2.24. The van der Waals surface area contributed by atoms with Gasteiger partial charge >= 0.3 is 0 Å². The molecule has 194 valence electrons. The fourth-order valence-electron chi connectivity index (χ4n) is 3.56. The zero-order valence-corrected chi connectivity index (χ0v) is 22.0. The summed E-state index contributed by atoms with van der Waals surface area (Å²) in [6.45, 7) is 10.9. The van der Waals surface area contributed by atoms with Crippen LogP contribution in [0.1, 0.15) is 97.5 Å². The van der Waals surface area contributed by atoms with E-state index in [0.29, 0.717) is 43.5 Å². The molecule has 1 rings (SSSR count). The molecule has 0 aliphatic carbocycles. The Morgan fingerprint density at radius 3 is 1.71 bits per heavy atom. The first kappa shape index (κ1) is 29.8. The third-order valence-electron chi connectivity index (χ3n) is 5.59. The normalized spacial score (nSPS) is 10.9. The van der Waals surface area contributed by atoms with E-state index in [0.717, 1.165) is 76.4 Å². The van der Waals surface area contributed by atoms with Crippen molar-refractivity contribution < 1.29 is 19.1 Å². The van der Waals surface area contributed by atoms with Gasteiger partial charge in [-0.3, -0.25) is 9.59 Å². The van der Waals surface area contributed by atoms with Gasteiger partial charge in [-0.1, -0.05) is 59.8 Å². The van der Waals surface area contributed by atoms with Crippen molar-refractivity contribution in [2.75, 3.05) is 26.3 Å². The minimum atomic E-state index is 0.0191. The average Bonchev–Trinajstić information content (AvgIpc) is 2.79. The van der Waals surface area contributed by atoms with E-state index in [4.69, 9.17) is 9.47 Å². The fourth-order valence-corrected chi connectivity index (χ4v) is 3.56. The van der Waals surface area contributed by atoms with E-state index in [2.05, 4.69) is 38.3 Å². The molecule has 0 atom stereocenters. The van der Waals surface area contributed by atoms with E-state index in [1.54, 1.807) is 0 Å². The third kappa shape index (κ3) is 15.6. The molecule has 1 aromatic carbocycles. The number of benzene rings is 1. The minimum Gasteiger partial charge on any atom is -0.493 e. The third-order valence-corrected chi connectivity index (χ3v) is 5.59. The molecule has 0 unspecified atom stereocenters. The van der Waals surface area contributed by atoms with E-state index in [-0.39, 0.29) is 11.8 Å². The van der Waals surface area contributed by atoms with Crippen LogP contribution in [0.15, 0.2) is 18.2 Å². The van der Waals surface area contributed by atoms with Crippen LogP contribution in [-0.4, -0.2) is 38.1 Å². The highest BCUT2D eigenvalue weighted by atomic mass is 16.5. The maximum Gasteiger partial charge on any atom is 0.223 e. The Balaban J connectivity index is 2.56. The summed E-state index contributed by atoms with van der Waals surface area (Å²) in [4.78, 5) is 24.0. The molecule has 0 spiro atoms. The second-order valence-corrected chi connectivity index (χ2v) is 9.41. The van der Waals surface area contributed by atoms with Gasteiger partial charge in [-0.2, -0.15) is 0 Å². The van der Waals surface area contributed by atoms with Crippen molar-refractivity contribution >= 4 is 11.8 Å². The largest absolute Gasteiger partial charge is 0.493 e. The number of aryl methyl sites for hydroxylation is 1. The van der Waals surface area contributed by atoms with E-state index in [9.17, 15) is 9.59 Å². The van der Waals surface area contributed by atoms with Crippen LogP contribution < -0.4 is 20.1 Å². The predicted octanol–water partition coefficient (Wildman–Crippen LogP) is 5.82. The van der Waals surface area contributed by atoms with Crippen molar-refractivity contribution in [3.05, 3.63) is 23.8 Å². The van der Waals surface area contributed by atoms with Crippen LogP contribution in [0.25, 0.3) is 0 Å². The van der Waals surface area contributed by atoms with Gasteiger partial charge in [-0.15, -0.1) is 0 Å². The Labute approximate surface area is 207 Å². The number of rotatable bonds is 20. The number of hydrogen-bond donors (Lipinski definition) is 2. The van der Waals surface area contributed by atoms with E-state index in [1.807, 2.05) is 18.2 Å². The number of amides is 2. The summed E-state index contributed by atoms with van der Waals surface area (Å²) >= 11 is 0. The van der Waals surface area contributed by atoms with Crippen molar-refractivity contribution in [1.29, 1.82) is 0 Å². The highest BCUT2D eigenvalue weighted by molar-refractivity contribution is 5.76. The van der Waals surface area contributed by atoms with Gasteiger partial charge in [0.2, 0.25) is 11.8 Å². The molecule has 1 aromatic rings. The Morgan fingerprint density at radius 1 is 0.765 bits per heavy atom. The van der Waals surface area contributed by atoms with Gasteiger partial charge in [0.1, 0.15) is 11.5 Å². The fraction of sp³-hybridized carbons (Fsp3) is 0.714. The van der Waals surface area contributed by atoms with Gasteiger partial charge in [0.05, 0.1) is 26.1 Å². The standard InChI is InChI=1S/C28H48N2O4/c1-5-7-9-16-29-27(31)14-18-33-25-20-24(13-11-12-23(3)4)21-26(22-25)34-19-15-28(32)30-17-10-8-6-2/h20-23H,5-19H2,1-4H3,(H,29,31)(H,30,32). The summed E-state index contributed by atoms with van der Waals surface area (Å²) in [6.07, 6.45) is 10.4. The predicted molar refractivity (Wildman–Crippen MR) is 140 cm³/mol.